The number of phenols is 1. The molecule has 0 saturated heterocycles. The lowest BCUT2D eigenvalue weighted by atomic mass is 9.96. The predicted molar refractivity (Wildman–Crippen MR) is 161 cm³/mol. The van der Waals surface area contributed by atoms with Crippen molar-refractivity contribution in [3.63, 3.8) is 0 Å². The van der Waals surface area contributed by atoms with Crippen LogP contribution in [0.25, 0.3) is 33.2 Å². The molecule has 10 heteroatoms. The molecule has 1 atom stereocenters. The van der Waals surface area contributed by atoms with Gasteiger partial charge in [0.1, 0.15) is 17.4 Å². The van der Waals surface area contributed by atoms with Crippen molar-refractivity contribution in [1.29, 1.82) is 0 Å². The van der Waals surface area contributed by atoms with Crippen molar-refractivity contribution in [2.45, 2.75) is 25.4 Å². The van der Waals surface area contributed by atoms with Gasteiger partial charge in [-0.15, -0.1) is 0 Å². The number of hydrogen-bond donors (Lipinski definition) is 4. The topological polar surface area (TPSA) is 120 Å². The van der Waals surface area contributed by atoms with Gasteiger partial charge in [0.05, 0.1) is 34.9 Å². The average Bonchev–Trinajstić information content (AvgIpc) is 3.57. The third kappa shape index (κ3) is 5.22. The van der Waals surface area contributed by atoms with Crippen molar-refractivity contribution < 1.29 is 23.5 Å². The fourth-order valence-corrected chi connectivity index (χ4v) is 5.74. The number of aromatic amines is 1. The number of carbonyl (C=O) groups is 2. The summed E-state index contributed by atoms with van der Waals surface area (Å²) in [6.45, 7) is 0.431. The Morgan fingerprint density at radius 2 is 1.73 bits per heavy atom. The van der Waals surface area contributed by atoms with E-state index in [1.54, 1.807) is 36.5 Å². The van der Waals surface area contributed by atoms with Crippen LogP contribution >= 0.6 is 0 Å². The number of nitrogens with one attached hydrogen (secondary N) is 3. The van der Waals surface area contributed by atoms with E-state index in [2.05, 4.69) is 15.6 Å². The molecule has 218 valence electrons. The number of nitrogens with zero attached hydrogens (tertiary/aromatic N) is 2. The minimum atomic E-state index is -0.850. The maximum atomic E-state index is 14.3. The number of amides is 2. The van der Waals surface area contributed by atoms with Gasteiger partial charge in [0, 0.05) is 40.8 Å². The summed E-state index contributed by atoms with van der Waals surface area (Å²) < 4.78 is 28.6. The number of benzene rings is 4. The zero-order valence-corrected chi connectivity index (χ0v) is 23.2. The molecule has 0 radical (unpaired) electrons. The van der Waals surface area contributed by atoms with Gasteiger partial charge < -0.3 is 20.7 Å². The summed E-state index contributed by atoms with van der Waals surface area (Å²) in [5, 5.41) is 16.5. The van der Waals surface area contributed by atoms with Gasteiger partial charge >= 0.3 is 0 Å². The highest BCUT2D eigenvalue weighted by atomic mass is 19.1. The SMILES string of the molecule is O=C(Cc1c[nH]c2ccc(O)cc12)N[C@@H](Cc1cc(F)cc(F)c1)c1nc2ccccc2nc1-c1ccc2c(c1)C(=O)NC2. The molecule has 1 aliphatic heterocycles. The van der Waals surface area contributed by atoms with Gasteiger partial charge in [-0.1, -0.05) is 24.3 Å². The van der Waals surface area contributed by atoms with Crippen LogP contribution in [0.4, 0.5) is 8.78 Å². The van der Waals surface area contributed by atoms with Gasteiger partial charge in [0.15, 0.2) is 0 Å². The summed E-state index contributed by atoms with van der Waals surface area (Å²) in [5.74, 6) is -1.97. The highest BCUT2D eigenvalue weighted by Crippen LogP contribution is 2.32. The van der Waals surface area contributed by atoms with E-state index in [4.69, 9.17) is 9.97 Å². The lowest BCUT2D eigenvalue weighted by molar-refractivity contribution is -0.121. The number of aromatic nitrogens is 3. The van der Waals surface area contributed by atoms with E-state index in [0.717, 1.165) is 17.1 Å². The first kappa shape index (κ1) is 27.2. The second kappa shape index (κ2) is 10.9. The Morgan fingerprint density at radius 1 is 0.955 bits per heavy atom. The number of H-pyrrole nitrogens is 1. The third-order valence-electron chi connectivity index (χ3n) is 7.79. The first-order valence-electron chi connectivity index (χ1n) is 14.0. The van der Waals surface area contributed by atoms with E-state index < -0.39 is 17.7 Å². The van der Waals surface area contributed by atoms with Crippen molar-refractivity contribution in [3.05, 3.63) is 125 Å². The summed E-state index contributed by atoms with van der Waals surface area (Å²) in [4.78, 5) is 39.0. The number of halogens is 2. The highest BCUT2D eigenvalue weighted by Gasteiger charge is 2.26. The zero-order chi connectivity index (χ0) is 30.4. The van der Waals surface area contributed by atoms with E-state index in [0.29, 0.717) is 56.6 Å². The average molecular weight is 590 g/mol. The molecular weight excluding hydrogens is 564 g/mol. The molecule has 0 saturated carbocycles. The van der Waals surface area contributed by atoms with Crippen molar-refractivity contribution in [2.24, 2.45) is 0 Å². The van der Waals surface area contributed by atoms with Gasteiger partial charge in [-0.2, -0.15) is 0 Å². The molecule has 8 nitrogen and oxygen atoms in total. The largest absolute Gasteiger partial charge is 0.508 e. The van der Waals surface area contributed by atoms with E-state index >= 15 is 0 Å². The minimum absolute atomic E-state index is 0.0144. The van der Waals surface area contributed by atoms with E-state index in [1.165, 1.54) is 12.1 Å². The molecule has 2 aromatic heterocycles. The zero-order valence-electron chi connectivity index (χ0n) is 23.2. The molecule has 0 spiro atoms. The van der Waals surface area contributed by atoms with Crippen LogP contribution in [0.5, 0.6) is 5.75 Å². The molecule has 0 aliphatic carbocycles. The number of fused-ring (bicyclic) bond motifs is 3. The molecule has 44 heavy (non-hydrogen) atoms. The Kier molecular flexibility index (Phi) is 6.73. The van der Waals surface area contributed by atoms with Gasteiger partial charge in [-0.05, 0) is 71.6 Å². The van der Waals surface area contributed by atoms with Crippen LogP contribution in [0.3, 0.4) is 0 Å². The normalized spacial score (nSPS) is 13.2. The molecule has 4 N–H and O–H groups in total. The van der Waals surface area contributed by atoms with Gasteiger partial charge in [0.2, 0.25) is 5.91 Å². The van der Waals surface area contributed by atoms with Crippen LogP contribution in [0.2, 0.25) is 0 Å². The lowest BCUT2D eigenvalue weighted by Gasteiger charge is -2.22. The Balaban J connectivity index is 1.33. The van der Waals surface area contributed by atoms with E-state index in [-0.39, 0.29) is 30.4 Å². The smallest absolute Gasteiger partial charge is 0.251 e. The number of aromatic hydroxyl groups is 1. The van der Waals surface area contributed by atoms with Gasteiger partial charge in [-0.25, -0.2) is 18.7 Å². The molecular formula is C34H25F2N5O3. The minimum Gasteiger partial charge on any atom is -0.508 e. The van der Waals surface area contributed by atoms with Gasteiger partial charge in [0.25, 0.3) is 5.91 Å². The summed E-state index contributed by atoms with van der Waals surface area (Å²) in [6.07, 6.45) is 1.69. The van der Waals surface area contributed by atoms with Crippen molar-refractivity contribution in [2.75, 3.05) is 0 Å². The number of rotatable bonds is 7. The van der Waals surface area contributed by atoms with E-state index in [9.17, 15) is 23.5 Å². The highest BCUT2D eigenvalue weighted by molar-refractivity contribution is 5.99. The standard InChI is InChI=1S/C34H25F2N5O3/c35-22-9-18(10-23(36)14-22)11-30(39-31(43)13-21-17-37-27-8-7-24(42)15-25(21)27)33-32(40-28-3-1-2-4-29(28)41-33)19-5-6-20-16-38-34(44)26(20)12-19/h1-10,12,14-15,17,30,37,42H,11,13,16H2,(H,38,44)(H,39,43)/t30-/m0/s1. The molecule has 1 aliphatic rings. The van der Waals surface area contributed by atoms with Crippen LogP contribution in [0.1, 0.15) is 38.8 Å². The number of carbonyl (C=O) groups excluding carboxylic acids is 2. The fraction of sp³-hybridized carbons (Fsp3) is 0.118. The van der Waals surface area contributed by atoms with Crippen LogP contribution < -0.4 is 10.6 Å². The maximum Gasteiger partial charge on any atom is 0.251 e. The summed E-state index contributed by atoms with van der Waals surface area (Å²) in [6, 6.07) is 20.0. The number of hydrogen-bond acceptors (Lipinski definition) is 5. The third-order valence-corrected chi connectivity index (χ3v) is 7.79. The Labute approximate surface area is 249 Å². The molecule has 6 aromatic rings. The molecule has 7 rings (SSSR count). The first-order chi connectivity index (χ1) is 21.3. The van der Waals surface area contributed by atoms with Crippen molar-refractivity contribution in [3.8, 4) is 17.0 Å². The summed E-state index contributed by atoms with van der Waals surface area (Å²) in [7, 11) is 0. The van der Waals surface area contributed by atoms with Crippen LogP contribution in [-0.4, -0.2) is 31.9 Å². The van der Waals surface area contributed by atoms with Crippen molar-refractivity contribution >= 4 is 33.8 Å². The lowest BCUT2D eigenvalue weighted by Crippen LogP contribution is -2.32. The Morgan fingerprint density at radius 3 is 2.52 bits per heavy atom. The van der Waals surface area contributed by atoms with Crippen molar-refractivity contribution in [1.82, 2.24) is 25.6 Å². The maximum absolute atomic E-state index is 14.3. The quantitative estimate of drug-likeness (QED) is 0.192. The summed E-state index contributed by atoms with van der Waals surface area (Å²) >= 11 is 0. The molecule has 0 fully saturated rings. The Hall–Kier alpha value is -5.64. The van der Waals surface area contributed by atoms with Crippen LogP contribution in [-0.2, 0) is 24.2 Å². The van der Waals surface area contributed by atoms with Gasteiger partial charge in [-0.3, -0.25) is 9.59 Å². The molecule has 0 bridgehead atoms. The monoisotopic (exact) mass is 589 g/mol. The number of phenolic OH excluding ortho intramolecular Hbond substituents is 1. The molecule has 4 aromatic carbocycles. The second-order valence-corrected chi connectivity index (χ2v) is 10.8. The fourth-order valence-electron chi connectivity index (χ4n) is 5.74. The van der Waals surface area contributed by atoms with E-state index in [1.807, 2.05) is 30.3 Å². The van der Waals surface area contributed by atoms with Crippen LogP contribution in [0.15, 0.2) is 85.1 Å². The second-order valence-electron chi connectivity index (χ2n) is 10.8. The van der Waals surface area contributed by atoms with Crippen LogP contribution in [0, 0.1) is 11.6 Å². The molecule has 0 unspecified atom stereocenters. The predicted octanol–water partition coefficient (Wildman–Crippen LogP) is 5.65. The molecule has 3 heterocycles. The first-order valence-corrected chi connectivity index (χ1v) is 14.0. The summed E-state index contributed by atoms with van der Waals surface area (Å²) in [5.41, 5.74) is 5.75. The molecule has 2 amide bonds. The number of para-hydroxylation sites is 2. The Bertz CT molecular complexity index is 2090.